The number of nitrogens with one attached hydrogen (secondary N) is 1. The molecule has 1 aliphatic rings. The van der Waals surface area contributed by atoms with Crippen molar-refractivity contribution in [2.24, 2.45) is 4.99 Å². The van der Waals surface area contributed by atoms with E-state index in [4.69, 9.17) is 5.73 Å². The molecule has 0 aliphatic carbocycles. The zero-order valence-electron chi connectivity index (χ0n) is 8.20. The highest BCUT2D eigenvalue weighted by molar-refractivity contribution is 5.85. The summed E-state index contributed by atoms with van der Waals surface area (Å²) in [4.78, 5) is 4.33. The fourth-order valence-corrected chi connectivity index (χ4v) is 1.37. The van der Waals surface area contributed by atoms with Gasteiger partial charge in [0.05, 0.1) is 5.69 Å². The average molecular weight is 190 g/mol. The lowest BCUT2D eigenvalue weighted by atomic mass is 10.3. The van der Waals surface area contributed by atoms with Gasteiger partial charge in [0.1, 0.15) is 12.5 Å². The maximum atomic E-state index is 5.61. The number of hydrogen-bond donors (Lipinski definition) is 2. The predicted molar refractivity (Wildman–Crippen MR) is 59.1 cm³/mol. The predicted octanol–water partition coefficient (Wildman–Crippen LogP) is 1.36. The molecule has 0 radical (unpaired) electrons. The molecule has 74 valence electrons. The van der Waals surface area contributed by atoms with E-state index < -0.39 is 0 Å². The monoisotopic (exact) mass is 190 g/mol. The van der Waals surface area contributed by atoms with Crippen LogP contribution in [-0.4, -0.2) is 12.5 Å². The molecular weight excluding hydrogens is 176 g/mol. The van der Waals surface area contributed by atoms with Crippen molar-refractivity contribution in [2.45, 2.75) is 13.3 Å². The van der Waals surface area contributed by atoms with Crippen LogP contribution >= 0.6 is 0 Å². The zero-order chi connectivity index (χ0) is 9.97. The van der Waals surface area contributed by atoms with Crippen LogP contribution < -0.4 is 16.2 Å². The molecule has 1 heterocycles. The summed E-state index contributed by atoms with van der Waals surface area (Å²) in [6.07, 6.45) is 0.936. The highest BCUT2D eigenvalue weighted by Crippen LogP contribution is 2.16. The Morgan fingerprint density at radius 1 is 1.43 bits per heavy atom. The van der Waals surface area contributed by atoms with E-state index in [-0.39, 0.29) is 0 Å². The van der Waals surface area contributed by atoms with Gasteiger partial charge in [-0.05, 0) is 24.3 Å². The lowest BCUT2D eigenvalue weighted by Gasteiger charge is -2.18. The van der Waals surface area contributed by atoms with E-state index in [9.17, 15) is 0 Å². The van der Waals surface area contributed by atoms with E-state index in [1.165, 1.54) is 0 Å². The van der Waals surface area contributed by atoms with Crippen molar-refractivity contribution in [3.05, 3.63) is 24.3 Å². The Morgan fingerprint density at radius 3 is 2.71 bits per heavy atom. The van der Waals surface area contributed by atoms with Gasteiger partial charge in [-0.25, -0.2) is 4.99 Å². The van der Waals surface area contributed by atoms with Crippen molar-refractivity contribution >= 4 is 17.2 Å². The van der Waals surface area contributed by atoms with Gasteiger partial charge in [0.25, 0.3) is 0 Å². The molecule has 0 bridgehead atoms. The van der Waals surface area contributed by atoms with Crippen LogP contribution in [0.2, 0.25) is 0 Å². The number of nitrogens with zero attached hydrogens (tertiary/aromatic N) is 2. The number of hydrogen-bond acceptors (Lipinski definition) is 4. The molecule has 1 aromatic rings. The Labute approximate surface area is 83.4 Å². The third-order valence-corrected chi connectivity index (χ3v) is 2.21. The molecule has 1 aliphatic heterocycles. The second kappa shape index (κ2) is 3.57. The number of benzene rings is 1. The van der Waals surface area contributed by atoms with E-state index in [2.05, 4.69) is 17.3 Å². The first kappa shape index (κ1) is 8.87. The average Bonchev–Trinajstić information content (AvgIpc) is 2.67. The number of rotatable bonds is 2. The van der Waals surface area contributed by atoms with E-state index in [1.807, 2.05) is 29.3 Å². The fraction of sp³-hybridized carbons (Fsp3) is 0.300. The van der Waals surface area contributed by atoms with Crippen LogP contribution in [0, 0.1) is 0 Å². The number of anilines is 2. The summed E-state index contributed by atoms with van der Waals surface area (Å²) in [6, 6.07) is 7.74. The highest BCUT2D eigenvalue weighted by Gasteiger charge is 2.12. The number of nitrogen functional groups attached to an aromatic ring is 1. The minimum absolute atomic E-state index is 0.674. The molecule has 4 heteroatoms. The summed E-state index contributed by atoms with van der Waals surface area (Å²) >= 11 is 0. The Morgan fingerprint density at radius 2 is 2.14 bits per heavy atom. The molecule has 2 rings (SSSR count). The standard InChI is InChI=1S/C10H14N4/c1-2-10-12-7-14(13-10)9-5-3-8(11)4-6-9/h3-6H,2,7,11H2,1H3,(H,12,13). The molecule has 0 amide bonds. The van der Waals surface area contributed by atoms with Crippen LogP contribution in [0.25, 0.3) is 0 Å². The van der Waals surface area contributed by atoms with Crippen LogP contribution in [-0.2, 0) is 0 Å². The summed E-state index contributed by atoms with van der Waals surface area (Å²) in [5, 5.41) is 2.00. The molecule has 4 nitrogen and oxygen atoms in total. The first-order valence-corrected chi connectivity index (χ1v) is 4.72. The van der Waals surface area contributed by atoms with Gasteiger partial charge in [0.15, 0.2) is 0 Å². The van der Waals surface area contributed by atoms with Gasteiger partial charge < -0.3 is 5.73 Å². The van der Waals surface area contributed by atoms with Crippen LogP contribution in [0.3, 0.4) is 0 Å². The number of nitrogens with two attached hydrogens (primary N) is 1. The van der Waals surface area contributed by atoms with E-state index in [0.29, 0.717) is 6.67 Å². The van der Waals surface area contributed by atoms with E-state index >= 15 is 0 Å². The summed E-state index contributed by atoms with van der Waals surface area (Å²) in [5.41, 5.74) is 10.7. The maximum absolute atomic E-state index is 5.61. The largest absolute Gasteiger partial charge is 0.399 e. The van der Waals surface area contributed by atoms with Crippen LogP contribution in [0.15, 0.2) is 29.3 Å². The number of amidine groups is 1. The Hall–Kier alpha value is -1.71. The van der Waals surface area contributed by atoms with Crippen molar-refractivity contribution < 1.29 is 0 Å². The van der Waals surface area contributed by atoms with Gasteiger partial charge in [-0.3, -0.25) is 10.4 Å². The normalized spacial score (nSPS) is 15.2. The molecule has 3 N–H and O–H groups in total. The Bertz CT molecular complexity index is 342. The molecule has 0 atom stereocenters. The molecular formula is C10H14N4. The third-order valence-electron chi connectivity index (χ3n) is 2.21. The molecule has 0 saturated heterocycles. The molecule has 0 saturated carbocycles. The van der Waals surface area contributed by atoms with Gasteiger partial charge in [-0.1, -0.05) is 6.92 Å². The quantitative estimate of drug-likeness (QED) is 0.692. The summed E-state index contributed by atoms with van der Waals surface area (Å²) in [6.45, 7) is 2.76. The zero-order valence-corrected chi connectivity index (χ0v) is 8.20. The SMILES string of the molecule is CCC1=NCN(c2ccc(N)cc2)N1. The van der Waals surface area contributed by atoms with E-state index in [0.717, 1.165) is 23.6 Å². The first-order chi connectivity index (χ1) is 6.79. The maximum Gasteiger partial charge on any atom is 0.131 e. The van der Waals surface area contributed by atoms with Crippen LogP contribution in [0.4, 0.5) is 11.4 Å². The second-order valence-electron chi connectivity index (χ2n) is 3.23. The summed E-state index contributed by atoms with van der Waals surface area (Å²) in [7, 11) is 0. The second-order valence-corrected chi connectivity index (χ2v) is 3.23. The van der Waals surface area contributed by atoms with Gasteiger partial charge >= 0.3 is 0 Å². The lowest BCUT2D eigenvalue weighted by Crippen LogP contribution is -2.35. The molecule has 0 aromatic heterocycles. The minimum atomic E-state index is 0.674. The van der Waals surface area contributed by atoms with Crippen molar-refractivity contribution in [3.63, 3.8) is 0 Å². The van der Waals surface area contributed by atoms with Gasteiger partial charge in [0.2, 0.25) is 0 Å². The van der Waals surface area contributed by atoms with Crippen LogP contribution in [0.5, 0.6) is 0 Å². The third kappa shape index (κ3) is 1.64. The molecule has 0 spiro atoms. The molecule has 14 heavy (non-hydrogen) atoms. The van der Waals surface area contributed by atoms with Crippen molar-refractivity contribution in [2.75, 3.05) is 17.4 Å². The molecule has 0 unspecified atom stereocenters. The smallest absolute Gasteiger partial charge is 0.131 e. The number of aliphatic imine (C=N–C) groups is 1. The van der Waals surface area contributed by atoms with Crippen molar-refractivity contribution in [1.82, 2.24) is 5.43 Å². The summed E-state index contributed by atoms with van der Waals surface area (Å²) < 4.78 is 0. The Kier molecular flexibility index (Phi) is 2.26. The van der Waals surface area contributed by atoms with E-state index in [1.54, 1.807) is 0 Å². The summed E-state index contributed by atoms with van der Waals surface area (Å²) in [5.74, 6) is 1.03. The fourth-order valence-electron chi connectivity index (χ4n) is 1.37. The Balaban J connectivity index is 2.08. The van der Waals surface area contributed by atoms with Gasteiger partial charge in [0, 0.05) is 12.1 Å². The number of hydrazine groups is 1. The first-order valence-electron chi connectivity index (χ1n) is 4.72. The van der Waals surface area contributed by atoms with Gasteiger partial charge in [-0.2, -0.15) is 0 Å². The molecule has 1 aromatic carbocycles. The lowest BCUT2D eigenvalue weighted by molar-refractivity contribution is 0.836. The van der Waals surface area contributed by atoms with Crippen molar-refractivity contribution in [3.8, 4) is 0 Å². The molecule has 0 fully saturated rings. The van der Waals surface area contributed by atoms with Crippen LogP contribution in [0.1, 0.15) is 13.3 Å². The van der Waals surface area contributed by atoms with Crippen molar-refractivity contribution in [1.29, 1.82) is 0 Å². The highest BCUT2D eigenvalue weighted by atomic mass is 15.6. The van der Waals surface area contributed by atoms with Gasteiger partial charge in [-0.15, -0.1) is 0 Å². The topological polar surface area (TPSA) is 53.6 Å². The minimum Gasteiger partial charge on any atom is -0.399 e.